The van der Waals surface area contributed by atoms with Crippen LogP contribution in [0.5, 0.6) is 0 Å². The van der Waals surface area contributed by atoms with Crippen LogP contribution >= 0.6 is 35.3 Å². The van der Waals surface area contributed by atoms with Crippen LogP contribution in [0, 0.1) is 0 Å². The molecule has 0 aliphatic heterocycles. The molecule has 0 rings (SSSR count). The molecule has 0 spiro atoms. The normalized spacial score (nSPS) is 10.4. The fourth-order valence-corrected chi connectivity index (χ4v) is 3.15. The van der Waals surface area contributed by atoms with Crippen molar-refractivity contribution in [3.63, 3.8) is 0 Å². The Balaban J connectivity index is 2.69. The Morgan fingerprint density at radius 1 is 0.909 bits per heavy atom. The highest BCUT2D eigenvalue weighted by atomic mass is 32.2. The molecular weight excluding hydrogens is 196 g/mol. The van der Waals surface area contributed by atoms with Crippen LogP contribution in [0.3, 0.4) is 0 Å². The Morgan fingerprint density at radius 2 is 1.45 bits per heavy atom. The summed E-state index contributed by atoms with van der Waals surface area (Å²) in [6, 6.07) is 0. The van der Waals surface area contributed by atoms with Crippen molar-refractivity contribution < 1.29 is 5.11 Å². The minimum atomic E-state index is 0.320. The number of hydrogen-bond acceptors (Lipinski definition) is 4. The summed E-state index contributed by atoms with van der Waals surface area (Å²) in [6.07, 6.45) is 2.14. The average molecular weight is 212 g/mol. The lowest BCUT2D eigenvalue weighted by Gasteiger charge is -1.99. The van der Waals surface area contributed by atoms with E-state index >= 15 is 0 Å². The molecule has 68 valence electrons. The van der Waals surface area contributed by atoms with Gasteiger partial charge in [-0.1, -0.05) is 0 Å². The van der Waals surface area contributed by atoms with Crippen molar-refractivity contribution in [1.82, 2.24) is 0 Å². The van der Waals surface area contributed by atoms with E-state index in [1.165, 1.54) is 23.0 Å². The van der Waals surface area contributed by atoms with Crippen molar-refractivity contribution >= 4 is 35.3 Å². The molecule has 0 aromatic rings. The van der Waals surface area contributed by atoms with E-state index < -0.39 is 0 Å². The fourth-order valence-electron chi connectivity index (χ4n) is 0.529. The van der Waals surface area contributed by atoms with Crippen LogP contribution in [-0.4, -0.2) is 46.7 Å². The van der Waals surface area contributed by atoms with Gasteiger partial charge < -0.3 is 5.11 Å². The van der Waals surface area contributed by atoms with E-state index in [-0.39, 0.29) is 0 Å². The van der Waals surface area contributed by atoms with E-state index in [4.69, 9.17) is 5.11 Å². The third-order valence-corrected chi connectivity index (χ3v) is 4.12. The summed E-state index contributed by atoms with van der Waals surface area (Å²) in [5.41, 5.74) is 0. The average Bonchev–Trinajstić information content (AvgIpc) is 2.03. The molecule has 11 heavy (non-hydrogen) atoms. The number of rotatable bonds is 8. The minimum absolute atomic E-state index is 0.320. The number of aliphatic hydroxyl groups excluding tert-OH is 1. The van der Waals surface area contributed by atoms with Crippen molar-refractivity contribution in [2.45, 2.75) is 0 Å². The summed E-state index contributed by atoms with van der Waals surface area (Å²) in [7, 11) is 0. The SMILES string of the molecule is CSCCSCCSCCO. The second kappa shape index (κ2) is 11.0. The molecule has 1 N–H and O–H groups in total. The van der Waals surface area contributed by atoms with Gasteiger partial charge >= 0.3 is 0 Å². The van der Waals surface area contributed by atoms with E-state index in [9.17, 15) is 0 Å². The van der Waals surface area contributed by atoms with Gasteiger partial charge in [0.1, 0.15) is 0 Å². The van der Waals surface area contributed by atoms with Gasteiger partial charge in [0.2, 0.25) is 0 Å². The molecule has 1 nitrogen and oxygen atoms in total. The Labute approximate surface area is 82.1 Å². The molecule has 0 bridgehead atoms. The number of aliphatic hydroxyl groups is 1. The van der Waals surface area contributed by atoms with E-state index in [2.05, 4.69) is 6.26 Å². The molecule has 0 unspecified atom stereocenters. The van der Waals surface area contributed by atoms with Crippen LogP contribution in [0.1, 0.15) is 0 Å². The third kappa shape index (κ3) is 11.0. The molecule has 0 aromatic carbocycles. The zero-order chi connectivity index (χ0) is 8.36. The second-order valence-corrected chi connectivity index (χ2v) is 5.38. The first-order chi connectivity index (χ1) is 5.41. The van der Waals surface area contributed by atoms with Gasteiger partial charge in [-0.3, -0.25) is 0 Å². The topological polar surface area (TPSA) is 20.2 Å². The monoisotopic (exact) mass is 212 g/mol. The molecule has 0 aliphatic rings. The van der Waals surface area contributed by atoms with Crippen molar-refractivity contribution in [2.24, 2.45) is 0 Å². The fraction of sp³-hybridized carbons (Fsp3) is 1.00. The highest BCUT2D eigenvalue weighted by Crippen LogP contribution is 2.07. The van der Waals surface area contributed by atoms with Crippen LogP contribution in [-0.2, 0) is 0 Å². The smallest absolute Gasteiger partial charge is 0.0521 e. The van der Waals surface area contributed by atoms with Gasteiger partial charge in [0.15, 0.2) is 0 Å². The number of thioether (sulfide) groups is 3. The van der Waals surface area contributed by atoms with Crippen molar-refractivity contribution in [3.05, 3.63) is 0 Å². The van der Waals surface area contributed by atoms with Gasteiger partial charge in [-0.2, -0.15) is 35.3 Å². The Bertz CT molecular complexity index is 62.7. The lowest BCUT2D eigenvalue weighted by atomic mass is 10.9. The van der Waals surface area contributed by atoms with E-state index in [1.54, 1.807) is 0 Å². The third-order valence-electron chi connectivity index (χ3n) is 1.04. The Kier molecular flexibility index (Phi) is 12.0. The minimum Gasteiger partial charge on any atom is -0.396 e. The highest BCUT2D eigenvalue weighted by molar-refractivity contribution is 8.04. The molecule has 0 radical (unpaired) electrons. The lowest BCUT2D eigenvalue weighted by molar-refractivity contribution is 0.322. The predicted octanol–water partition coefficient (Wildman–Crippen LogP) is 1.81. The van der Waals surface area contributed by atoms with Crippen LogP contribution < -0.4 is 0 Å². The van der Waals surface area contributed by atoms with Gasteiger partial charge in [0.05, 0.1) is 6.61 Å². The maximum absolute atomic E-state index is 8.48. The van der Waals surface area contributed by atoms with Gasteiger partial charge in [-0.25, -0.2) is 0 Å². The molecule has 0 saturated heterocycles. The van der Waals surface area contributed by atoms with Crippen LogP contribution in [0.25, 0.3) is 0 Å². The lowest BCUT2D eigenvalue weighted by Crippen LogP contribution is -1.92. The molecule has 0 saturated carbocycles. The molecule has 0 heterocycles. The van der Waals surface area contributed by atoms with E-state index in [0.717, 1.165) is 5.75 Å². The molecule has 4 heteroatoms. The first kappa shape index (κ1) is 12.0. The molecule has 0 fully saturated rings. The summed E-state index contributed by atoms with van der Waals surface area (Å²) in [4.78, 5) is 0. The summed E-state index contributed by atoms with van der Waals surface area (Å²) >= 11 is 5.74. The van der Waals surface area contributed by atoms with E-state index in [1.807, 2.05) is 35.3 Å². The van der Waals surface area contributed by atoms with Crippen molar-refractivity contribution in [3.8, 4) is 0 Å². The molecule has 0 aliphatic carbocycles. The van der Waals surface area contributed by atoms with Gasteiger partial charge in [0, 0.05) is 28.8 Å². The molecule has 0 amide bonds. The van der Waals surface area contributed by atoms with Crippen molar-refractivity contribution in [2.75, 3.05) is 41.6 Å². The zero-order valence-corrected chi connectivity index (χ0v) is 9.36. The highest BCUT2D eigenvalue weighted by Gasteiger charge is 1.89. The summed E-state index contributed by atoms with van der Waals surface area (Å²) in [6.45, 7) is 0.320. The maximum atomic E-state index is 8.48. The predicted molar refractivity (Wildman–Crippen MR) is 60.1 cm³/mol. The largest absolute Gasteiger partial charge is 0.396 e. The van der Waals surface area contributed by atoms with E-state index in [0.29, 0.717) is 6.61 Å². The summed E-state index contributed by atoms with van der Waals surface area (Å²) in [5.74, 6) is 5.82. The first-order valence-corrected chi connectivity index (χ1v) is 7.37. The maximum Gasteiger partial charge on any atom is 0.0521 e. The summed E-state index contributed by atoms with van der Waals surface area (Å²) < 4.78 is 0. The summed E-state index contributed by atoms with van der Waals surface area (Å²) in [5, 5.41) is 8.48. The molecular formula is C7H16OS3. The van der Waals surface area contributed by atoms with Gasteiger partial charge in [0.25, 0.3) is 0 Å². The second-order valence-electron chi connectivity index (χ2n) is 1.94. The quantitative estimate of drug-likeness (QED) is 0.619. The van der Waals surface area contributed by atoms with Gasteiger partial charge in [-0.05, 0) is 6.26 Å². The Hall–Kier alpha value is 1.01. The van der Waals surface area contributed by atoms with Crippen molar-refractivity contribution in [1.29, 1.82) is 0 Å². The molecule has 0 aromatic heterocycles. The van der Waals surface area contributed by atoms with Gasteiger partial charge in [-0.15, -0.1) is 0 Å². The number of hydrogen-bond donors (Lipinski definition) is 1. The van der Waals surface area contributed by atoms with Crippen LogP contribution in [0.2, 0.25) is 0 Å². The zero-order valence-electron chi connectivity index (χ0n) is 6.91. The standard InChI is InChI=1S/C7H16OS3/c1-9-4-5-11-7-6-10-3-2-8/h8H,2-7H2,1H3. The van der Waals surface area contributed by atoms with Crippen LogP contribution in [0.15, 0.2) is 0 Å². The first-order valence-electron chi connectivity index (χ1n) is 3.67. The van der Waals surface area contributed by atoms with Crippen LogP contribution in [0.4, 0.5) is 0 Å². The molecule has 0 atom stereocenters. The Morgan fingerprint density at radius 3 is 2.00 bits per heavy atom.